The Hall–Kier alpha value is -2.82. The van der Waals surface area contributed by atoms with Gasteiger partial charge in [-0.05, 0) is 36.4 Å². The lowest BCUT2D eigenvalue weighted by molar-refractivity contribution is -0.317. The second kappa shape index (κ2) is 6.66. The fourth-order valence-electron chi connectivity index (χ4n) is 2.27. The van der Waals surface area contributed by atoms with Gasteiger partial charge in [-0.25, -0.2) is 4.79 Å². The Bertz CT molecular complexity index is 901. The minimum Gasteiger partial charge on any atom is -0.424 e. The Kier molecular flexibility index (Phi) is 4.74. The van der Waals surface area contributed by atoms with E-state index in [1.54, 1.807) is 0 Å². The zero-order valence-electron chi connectivity index (χ0n) is 13.4. The van der Waals surface area contributed by atoms with Crippen LogP contribution < -0.4 is 20.1 Å². The van der Waals surface area contributed by atoms with E-state index in [1.165, 1.54) is 11.4 Å². The lowest BCUT2D eigenvalue weighted by Gasteiger charge is -2.29. The maximum absolute atomic E-state index is 13.5. The summed E-state index contributed by atoms with van der Waals surface area (Å²) in [5.41, 5.74) is -1.17. The molecule has 2 aromatic carbocycles. The molecule has 2 amide bonds. The molecule has 0 saturated carbocycles. The number of ether oxygens (including phenoxy) is 2. The van der Waals surface area contributed by atoms with Gasteiger partial charge in [0.1, 0.15) is 0 Å². The molecule has 1 atom stereocenters. The van der Waals surface area contributed by atoms with E-state index in [9.17, 15) is 31.1 Å². The van der Waals surface area contributed by atoms with Gasteiger partial charge in [0.15, 0.2) is 11.5 Å². The normalized spacial score (nSPS) is 18.7. The third kappa shape index (κ3) is 3.88. The van der Waals surface area contributed by atoms with Crippen molar-refractivity contribution in [3.8, 4) is 11.5 Å². The summed E-state index contributed by atoms with van der Waals surface area (Å²) < 4.78 is 87.6. The zero-order valence-corrected chi connectivity index (χ0v) is 14.2. The van der Waals surface area contributed by atoms with E-state index in [1.807, 2.05) is 5.32 Å². The number of urea groups is 1. The van der Waals surface area contributed by atoms with E-state index in [0.29, 0.717) is 12.1 Å². The summed E-state index contributed by atoms with van der Waals surface area (Å²) in [5.74, 6) is -4.19. The van der Waals surface area contributed by atoms with E-state index in [2.05, 4.69) is 0 Å². The van der Waals surface area contributed by atoms with Crippen molar-refractivity contribution in [2.75, 3.05) is 5.32 Å². The van der Waals surface area contributed by atoms with Gasteiger partial charge in [0.25, 0.3) is 0 Å². The summed E-state index contributed by atoms with van der Waals surface area (Å²) in [7, 11) is 0. The van der Waals surface area contributed by atoms with E-state index in [-0.39, 0.29) is 22.2 Å². The molecule has 0 saturated heterocycles. The Morgan fingerprint density at radius 3 is 2.11 bits per heavy atom. The predicted octanol–water partition coefficient (Wildman–Crippen LogP) is 5.17. The van der Waals surface area contributed by atoms with Gasteiger partial charge in [-0.15, -0.1) is 0 Å². The predicted molar refractivity (Wildman–Crippen MR) is 85.1 cm³/mol. The highest BCUT2D eigenvalue weighted by atomic mass is 35.5. The van der Waals surface area contributed by atoms with Crippen molar-refractivity contribution in [3.63, 3.8) is 0 Å². The number of hydrogen-bond acceptors (Lipinski definition) is 3. The second-order valence-corrected chi connectivity index (χ2v) is 6.00. The third-order valence-corrected chi connectivity index (χ3v) is 3.77. The molecule has 0 fully saturated rings. The molecule has 1 heterocycles. The first-order chi connectivity index (χ1) is 12.9. The molecular formula is C16H9ClF6N2O3. The molecule has 0 radical (unpaired) electrons. The van der Waals surface area contributed by atoms with Crippen LogP contribution in [0.5, 0.6) is 11.5 Å². The molecule has 0 spiro atoms. The van der Waals surface area contributed by atoms with Gasteiger partial charge >= 0.3 is 24.3 Å². The molecule has 1 unspecified atom stereocenters. The summed E-state index contributed by atoms with van der Waals surface area (Å²) in [6.45, 7) is 0. The summed E-state index contributed by atoms with van der Waals surface area (Å²) >= 11 is 5.69. The van der Waals surface area contributed by atoms with Crippen LogP contribution in [0.25, 0.3) is 0 Å². The molecule has 5 nitrogen and oxygen atoms in total. The number of nitrogens with one attached hydrogen (secondary N) is 2. The topological polar surface area (TPSA) is 59.6 Å². The molecule has 2 N–H and O–H groups in total. The van der Waals surface area contributed by atoms with Crippen LogP contribution in [-0.4, -0.2) is 18.1 Å². The Morgan fingerprint density at radius 2 is 1.54 bits per heavy atom. The van der Waals surface area contributed by atoms with Gasteiger partial charge in [-0.1, -0.05) is 11.6 Å². The maximum atomic E-state index is 13.5. The lowest BCUT2D eigenvalue weighted by Crippen LogP contribution is -2.65. The van der Waals surface area contributed by atoms with Crippen LogP contribution in [0.1, 0.15) is 5.56 Å². The van der Waals surface area contributed by atoms with Crippen LogP contribution in [-0.2, 0) is 6.18 Å². The third-order valence-electron chi connectivity index (χ3n) is 3.53. The van der Waals surface area contributed by atoms with E-state index in [0.717, 1.165) is 24.3 Å². The molecule has 12 heteroatoms. The Balaban J connectivity index is 1.77. The number of hydrogen-bond donors (Lipinski definition) is 2. The maximum Gasteiger partial charge on any atom is 0.492 e. The first-order valence-corrected chi connectivity index (χ1v) is 7.78. The van der Waals surface area contributed by atoms with Crippen molar-refractivity contribution in [3.05, 3.63) is 53.1 Å². The molecular weight excluding hydrogens is 418 g/mol. The average Bonchev–Trinajstić information content (AvgIpc) is 2.92. The number of rotatable bonds is 2. The van der Waals surface area contributed by atoms with Gasteiger partial charge in [0, 0.05) is 16.8 Å². The minimum atomic E-state index is -5.20. The van der Waals surface area contributed by atoms with Gasteiger partial charge < -0.3 is 14.8 Å². The number of alkyl halides is 6. The SMILES string of the molecule is O=C(Nc1ccc(C(F)(F)F)cc1)NC1(C(F)(F)F)Oc2ccc(Cl)cc2O1. The summed E-state index contributed by atoms with van der Waals surface area (Å²) in [6, 6.07) is 5.13. The van der Waals surface area contributed by atoms with Crippen molar-refractivity contribution in [1.82, 2.24) is 5.32 Å². The second-order valence-electron chi connectivity index (χ2n) is 5.56. The summed E-state index contributed by atoms with van der Waals surface area (Å²) in [6.07, 6.45) is -9.80. The Labute approximate surface area is 158 Å². The first kappa shape index (κ1) is 19.9. The highest BCUT2D eigenvalue weighted by Gasteiger charge is 2.65. The number of halogens is 7. The van der Waals surface area contributed by atoms with Gasteiger partial charge in [-0.2, -0.15) is 26.3 Å². The monoisotopic (exact) mass is 426 g/mol. The number of anilines is 1. The van der Waals surface area contributed by atoms with Crippen LogP contribution >= 0.6 is 11.6 Å². The van der Waals surface area contributed by atoms with Crippen LogP contribution in [0.3, 0.4) is 0 Å². The molecule has 1 aliphatic rings. The smallest absolute Gasteiger partial charge is 0.424 e. The molecule has 150 valence electrons. The number of carbonyl (C=O) groups excluding carboxylic acids is 1. The molecule has 0 aliphatic carbocycles. The van der Waals surface area contributed by atoms with E-state index in [4.69, 9.17) is 21.1 Å². The van der Waals surface area contributed by atoms with Crippen LogP contribution in [0.15, 0.2) is 42.5 Å². The lowest BCUT2D eigenvalue weighted by atomic mass is 10.2. The number of amides is 2. The first-order valence-electron chi connectivity index (χ1n) is 7.40. The number of benzene rings is 2. The van der Waals surface area contributed by atoms with Crippen LogP contribution in [0.2, 0.25) is 5.02 Å². The highest BCUT2D eigenvalue weighted by molar-refractivity contribution is 6.30. The van der Waals surface area contributed by atoms with Gasteiger partial charge in [0.2, 0.25) is 0 Å². The summed E-state index contributed by atoms with van der Waals surface area (Å²) in [4.78, 5) is 12.0. The fraction of sp³-hybridized carbons (Fsp3) is 0.188. The van der Waals surface area contributed by atoms with Crippen LogP contribution in [0.4, 0.5) is 36.8 Å². The molecule has 0 aromatic heterocycles. The highest BCUT2D eigenvalue weighted by Crippen LogP contribution is 2.46. The molecule has 2 aromatic rings. The molecule has 28 heavy (non-hydrogen) atoms. The van der Waals surface area contributed by atoms with E-state index >= 15 is 0 Å². The Morgan fingerprint density at radius 1 is 0.929 bits per heavy atom. The van der Waals surface area contributed by atoms with Crippen molar-refractivity contribution in [2.24, 2.45) is 0 Å². The standard InChI is InChI=1S/C16H9ClF6N2O3/c17-9-3-6-11-12(7-9)28-16(27-11,15(21,22)23)25-13(26)24-10-4-1-8(2-5-10)14(18,19)20/h1-7H,(H2,24,25,26). The zero-order chi connectivity index (χ0) is 20.7. The molecule has 1 aliphatic heterocycles. The largest absolute Gasteiger partial charge is 0.492 e. The van der Waals surface area contributed by atoms with Crippen molar-refractivity contribution in [2.45, 2.75) is 18.3 Å². The molecule has 3 rings (SSSR count). The van der Waals surface area contributed by atoms with E-state index < -0.39 is 29.9 Å². The van der Waals surface area contributed by atoms with Crippen molar-refractivity contribution in [1.29, 1.82) is 0 Å². The van der Waals surface area contributed by atoms with Crippen molar-refractivity contribution >= 4 is 23.3 Å². The fourth-order valence-corrected chi connectivity index (χ4v) is 2.43. The number of fused-ring (bicyclic) bond motifs is 1. The average molecular weight is 427 g/mol. The quantitative estimate of drug-likeness (QED) is 0.652. The molecule has 0 bridgehead atoms. The van der Waals surface area contributed by atoms with Gasteiger partial charge in [-0.3, -0.25) is 5.32 Å². The summed E-state index contributed by atoms with van der Waals surface area (Å²) in [5, 5.41) is 3.56. The van der Waals surface area contributed by atoms with Gasteiger partial charge in [0.05, 0.1) is 5.56 Å². The minimum absolute atomic E-state index is 0.0783. The van der Waals surface area contributed by atoms with Crippen LogP contribution in [0, 0.1) is 0 Å². The van der Waals surface area contributed by atoms with Crippen molar-refractivity contribution < 1.29 is 40.6 Å². The number of carbonyl (C=O) groups is 1.